The lowest BCUT2D eigenvalue weighted by atomic mass is 10.1. The van der Waals surface area contributed by atoms with Crippen LogP contribution in [-0.4, -0.2) is 16.3 Å². The fraction of sp³-hybridized carbons (Fsp3) is 0.370. The standard InChI is InChI=1S/C23H27N3.C2H6.2CH4/c1-3-4-8-15-24-18-21-17-23(16-20-9-6-5-7-10-20)26(25-21)22-13-11-19(2)12-14-22;1-2;;/h3-7,9-14,17,24H,8,15-16,18H2,1-2H3;1-2H3;2*1H4/b4-3-;;;. The van der Waals surface area contributed by atoms with Gasteiger partial charge >= 0.3 is 0 Å². The van der Waals surface area contributed by atoms with E-state index in [1.54, 1.807) is 0 Å². The van der Waals surface area contributed by atoms with Crippen LogP contribution in [0.25, 0.3) is 5.69 Å². The van der Waals surface area contributed by atoms with Gasteiger partial charge in [-0.1, -0.05) is 88.9 Å². The Morgan fingerprint density at radius 3 is 2.27 bits per heavy atom. The summed E-state index contributed by atoms with van der Waals surface area (Å²) in [4.78, 5) is 0. The van der Waals surface area contributed by atoms with Crippen molar-refractivity contribution in [2.45, 2.75) is 61.9 Å². The molecule has 1 N–H and O–H groups in total. The van der Waals surface area contributed by atoms with E-state index in [1.165, 1.54) is 16.8 Å². The molecule has 30 heavy (non-hydrogen) atoms. The first-order valence-electron chi connectivity index (χ1n) is 10.3. The number of hydrogen-bond donors (Lipinski definition) is 1. The van der Waals surface area contributed by atoms with E-state index in [9.17, 15) is 0 Å². The van der Waals surface area contributed by atoms with Crippen LogP contribution in [0.5, 0.6) is 0 Å². The molecule has 3 nitrogen and oxygen atoms in total. The molecule has 164 valence electrons. The van der Waals surface area contributed by atoms with Crippen molar-refractivity contribution in [3.05, 3.63) is 95.3 Å². The molecule has 0 spiro atoms. The van der Waals surface area contributed by atoms with E-state index in [2.05, 4.69) is 96.7 Å². The average Bonchev–Trinajstić information content (AvgIpc) is 3.13. The van der Waals surface area contributed by atoms with Gasteiger partial charge < -0.3 is 5.32 Å². The number of benzene rings is 2. The molecule has 0 aliphatic carbocycles. The molecule has 3 rings (SSSR count). The van der Waals surface area contributed by atoms with E-state index >= 15 is 0 Å². The maximum Gasteiger partial charge on any atom is 0.0769 e. The van der Waals surface area contributed by atoms with Gasteiger partial charge in [-0.05, 0) is 50.6 Å². The van der Waals surface area contributed by atoms with Crippen LogP contribution in [0.1, 0.15) is 64.6 Å². The molecule has 3 aromatic rings. The lowest BCUT2D eigenvalue weighted by Crippen LogP contribution is -2.14. The number of allylic oxidation sites excluding steroid dienone is 1. The molecular weight excluding hydrogens is 366 g/mol. The monoisotopic (exact) mass is 407 g/mol. The Morgan fingerprint density at radius 2 is 1.63 bits per heavy atom. The molecule has 0 unspecified atom stereocenters. The van der Waals surface area contributed by atoms with Gasteiger partial charge in [0.2, 0.25) is 0 Å². The second-order valence-corrected chi connectivity index (χ2v) is 6.57. The lowest BCUT2D eigenvalue weighted by Gasteiger charge is -2.08. The molecule has 0 fully saturated rings. The number of nitrogens with zero attached hydrogens (tertiary/aromatic N) is 2. The summed E-state index contributed by atoms with van der Waals surface area (Å²) >= 11 is 0. The molecule has 1 aromatic heterocycles. The minimum atomic E-state index is 0. The van der Waals surface area contributed by atoms with Gasteiger partial charge in [0, 0.05) is 18.7 Å². The van der Waals surface area contributed by atoms with Crippen LogP contribution < -0.4 is 5.32 Å². The van der Waals surface area contributed by atoms with E-state index in [-0.39, 0.29) is 14.9 Å². The first-order chi connectivity index (χ1) is 13.8. The summed E-state index contributed by atoms with van der Waals surface area (Å²) in [6, 6.07) is 21.3. The summed E-state index contributed by atoms with van der Waals surface area (Å²) in [5.41, 5.74) is 5.97. The molecule has 2 aromatic carbocycles. The highest BCUT2D eigenvalue weighted by Gasteiger charge is 2.10. The molecular formula is C27H41N3. The van der Waals surface area contributed by atoms with Gasteiger partial charge in [0.15, 0.2) is 0 Å². The van der Waals surface area contributed by atoms with Crippen molar-refractivity contribution in [3.63, 3.8) is 0 Å². The summed E-state index contributed by atoms with van der Waals surface area (Å²) in [7, 11) is 0. The van der Waals surface area contributed by atoms with Gasteiger partial charge in [-0.15, -0.1) is 0 Å². The fourth-order valence-corrected chi connectivity index (χ4v) is 2.97. The van der Waals surface area contributed by atoms with Gasteiger partial charge in [0.1, 0.15) is 0 Å². The Bertz CT molecular complexity index is 830. The highest BCUT2D eigenvalue weighted by atomic mass is 15.3. The Balaban J connectivity index is 0.00000204. The SMILES string of the molecule is C.C.C/C=C\CCNCc1cc(Cc2ccccc2)n(-c2ccc(C)cc2)n1.CC. The average molecular weight is 408 g/mol. The Morgan fingerprint density at radius 1 is 0.967 bits per heavy atom. The summed E-state index contributed by atoms with van der Waals surface area (Å²) in [6.45, 7) is 9.92. The highest BCUT2D eigenvalue weighted by molar-refractivity contribution is 5.37. The van der Waals surface area contributed by atoms with Crippen LogP contribution in [0.3, 0.4) is 0 Å². The molecule has 0 radical (unpaired) electrons. The highest BCUT2D eigenvalue weighted by Crippen LogP contribution is 2.17. The molecule has 0 aliphatic heterocycles. The maximum atomic E-state index is 4.86. The predicted octanol–water partition coefficient (Wildman–Crippen LogP) is 7.13. The molecule has 3 heteroatoms. The van der Waals surface area contributed by atoms with Gasteiger partial charge in [-0.25, -0.2) is 4.68 Å². The first-order valence-corrected chi connectivity index (χ1v) is 10.3. The van der Waals surface area contributed by atoms with Crippen LogP contribution in [0.4, 0.5) is 0 Å². The second kappa shape index (κ2) is 15.2. The fourth-order valence-electron chi connectivity index (χ4n) is 2.97. The Labute approximate surface area is 184 Å². The summed E-state index contributed by atoms with van der Waals surface area (Å²) in [5, 5.41) is 8.33. The number of aryl methyl sites for hydroxylation is 1. The van der Waals surface area contributed by atoms with Crippen molar-refractivity contribution in [3.8, 4) is 5.69 Å². The molecule has 0 amide bonds. The van der Waals surface area contributed by atoms with Gasteiger partial charge in [-0.3, -0.25) is 0 Å². The summed E-state index contributed by atoms with van der Waals surface area (Å²) in [6.07, 6.45) is 6.19. The first kappa shape index (κ1) is 27.4. The zero-order valence-electron chi connectivity index (χ0n) is 17.7. The lowest BCUT2D eigenvalue weighted by molar-refractivity contribution is 0.671. The number of hydrogen-bond acceptors (Lipinski definition) is 2. The molecule has 0 saturated carbocycles. The van der Waals surface area contributed by atoms with Gasteiger partial charge in [-0.2, -0.15) is 5.10 Å². The van der Waals surface area contributed by atoms with Crippen LogP contribution in [0.2, 0.25) is 0 Å². The minimum Gasteiger partial charge on any atom is -0.311 e. The van der Waals surface area contributed by atoms with Gasteiger partial charge in [0.05, 0.1) is 11.4 Å². The second-order valence-electron chi connectivity index (χ2n) is 6.57. The van der Waals surface area contributed by atoms with E-state index in [1.807, 2.05) is 13.8 Å². The number of rotatable bonds is 8. The van der Waals surface area contributed by atoms with Crippen molar-refractivity contribution in [1.29, 1.82) is 0 Å². The Hall–Kier alpha value is -2.65. The van der Waals surface area contributed by atoms with Gasteiger partial charge in [0.25, 0.3) is 0 Å². The van der Waals surface area contributed by atoms with Crippen LogP contribution >= 0.6 is 0 Å². The number of aromatic nitrogens is 2. The largest absolute Gasteiger partial charge is 0.311 e. The van der Waals surface area contributed by atoms with E-state index in [4.69, 9.17) is 5.10 Å². The van der Waals surface area contributed by atoms with Crippen molar-refractivity contribution >= 4 is 0 Å². The summed E-state index contributed by atoms with van der Waals surface area (Å²) < 4.78 is 2.08. The zero-order valence-corrected chi connectivity index (χ0v) is 17.7. The van der Waals surface area contributed by atoms with Crippen molar-refractivity contribution < 1.29 is 0 Å². The summed E-state index contributed by atoms with van der Waals surface area (Å²) in [5.74, 6) is 0. The van der Waals surface area contributed by atoms with E-state index in [0.29, 0.717) is 0 Å². The van der Waals surface area contributed by atoms with Crippen LogP contribution in [-0.2, 0) is 13.0 Å². The van der Waals surface area contributed by atoms with Crippen molar-refractivity contribution in [1.82, 2.24) is 15.1 Å². The third-order valence-electron chi connectivity index (χ3n) is 4.37. The zero-order chi connectivity index (χ0) is 20.2. The van der Waals surface area contributed by atoms with Crippen molar-refractivity contribution in [2.75, 3.05) is 6.54 Å². The van der Waals surface area contributed by atoms with E-state index in [0.717, 1.165) is 37.3 Å². The third-order valence-corrected chi connectivity index (χ3v) is 4.37. The van der Waals surface area contributed by atoms with Crippen LogP contribution in [0.15, 0.2) is 72.8 Å². The molecule has 0 bridgehead atoms. The minimum absolute atomic E-state index is 0. The molecule has 0 aliphatic rings. The van der Waals surface area contributed by atoms with E-state index < -0.39 is 0 Å². The topological polar surface area (TPSA) is 29.9 Å². The molecule has 0 saturated heterocycles. The predicted molar refractivity (Wildman–Crippen MR) is 133 cm³/mol. The quantitative estimate of drug-likeness (QED) is 0.318. The number of nitrogens with one attached hydrogen (secondary N) is 1. The normalized spacial score (nSPS) is 10.0. The maximum absolute atomic E-state index is 4.86. The third kappa shape index (κ3) is 8.38. The molecule has 0 atom stereocenters. The van der Waals surface area contributed by atoms with Crippen molar-refractivity contribution in [2.24, 2.45) is 0 Å². The smallest absolute Gasteiger partial charge is 0.0769 e. The molecule has 1 heterocycles. The Kier molecular flexibility index (Phi) is 13.9. The van der Waals surface area contributed by atoms with Crippen LogP contribution in [0, 0.1) is 6.92 Å².